The van der Waals surface area contributed by atoms with Gasteiger partial charge >= 0.3 is 11.9 Å². The molecule has 6 heterocycles. The van der Waals surface area contributed by atoms with Crippen molar-refractivity contribution in [1.82, 2.24) is 37.7 Å². The minimum Gasteiger partial charge on any atom is -0.460 e. The molecule has 20 nitrogen and oxygen atoms in total. The smallest absolute Gasteiger partial charge is 0.310 e. The molecule has 0 spiro atoms. The highest BCUT2D eigenvalue weighted by Crippen LogP contribution is 2.38. The van der Waals surface area contributed by atoms with Gasteiger partial charge in [0.25, 0.3) is 31.9 Å². The number of ether oxygens (including phenoxy) is 2. The van der Waals surface area contributed by atoms with Crippen LogP contribution in [0.4, 0.5) is 5.95 Å². The number of esters is 2. The Morgan fingerprint density at radius 2 is 0.948 bits per heavy atom. The molecular formula is C72H73Cl3N10O10S2. The Morgan fingerprint density at radius 1 is 0.536 bits per heavy atom. The molecule has 2 amide bonds. The summed E-state index contributed by atoms with van der Waals surface area (Å²) in [6.07, 6.45) is 9.79. The third kappa shape index (κ3) is 17.6. The molecule has 2 atom stereocenters. The molecule has 504 valence electrons. The topological polar surface area (TPSA) is 261 Å². The first kappa shape index (κ1) is 70.8. The summed E-state index contributed by atoms with van der Waals surface area (Å²) in [7, 11) is -7.67. The summed E-state index contributed by atoms with van der Waals surface area (Å²) in [5.41, 5.74) is 10.6. The van der Waals surface area contributed by atoms with Gasteiger partial charge in [0, 0.05) is 83.7 Å². The van der Waals surface area contributed by atoms with Gasteiger partial charge in [-0.15, -0.1) is 0 Å². The summed E-state index contributed by atoms with van der Waals surface area (Å²) in [4.78, 5) is 71.0. The van der Waals surface area contributed by atoms with E-state index in [0.29, 0.717) is 81.0 Å². The summed E-state index contributed by atoms with van der Waals surface area (Å²) >= 11 is 18.8. The first-order valence-electron chi connectivity index (χ1n) is 31.4. The van der Waals surface area contributed by atoms with Crippen molar-refractivity contribution >= 4 is 106 Å². The maximum absolute atomic E-state index is 13.6. The number of hydrogen-bond donors (Lipinski definition) is 2. The van der Waals surface area contributed by atoms with Crippen LogP contribution in [0.1, 0.15) is 99.1 Å². The molecule has 0 aliphatic carbocycles. The zero-order valence-corrected chi connectivity index (χ0v) is 58.1. The second-order valence-corrected chi connectivity index (χ2v) is 30.2. The average molecular weight is 1410 g/mol. The lowest BCUT2D eigenvalue weighted by Crippen LogP contribution is -2.45. The number of aromatic nitrogens is 6. The van der Waals surface area contributed by atoms with E-state index in [1.807, 2.05) is 65.8 Å². The number of nitrogens with two attached hydrogens (primary N) is 1. The molecule has 0 saturated carbocycles. The van der Waals surface area contributed by atoms with Crippen molar-refractivity contribution in [2.75, 3.05) is 31.5 Å². The third-order valence-corrected chi connectivity index (χ3v) is 19.8. The van der Waals surface area contributed by atoms with E-state index in [-0.39, 0.29) is 73.8 Å². The standard InChI is InChI=1S/C36H36ClN5O5S.C18H11Cl2N3O2S.C18H26N2O3/c1-36(2,3)47-32(43)20-24-15-17-25(18-16-24)34(44)41-19-9-10-26(22-41)39-35-38-21-30(37)33(40-35)29-23-42(31-14-8-7-13-28(29)31)48(45,46)27-11-5-4-6-12-27;19-15-10-21-18(20)22-17(15)14-11-23(16-9-5-4-8-13(14)16)26(24,25)12-6-2-1-3-7-12;1-18(2,3)23-16(21)11-13-6-8-14(9-7-13)17(22)20-10-4-5-15(19)12-20/h4-8,11-18,21,23,26H,9-10,19-20,22H2,1-3H3,(H,38,39,40);1-11H;6-9,15H,4-5,10-12,19H2,1-3H3. The van der Waals surface area contributed by atoms with Gasteiger partial charge in [-0.1, -0.05) is 120 Å². The van der Waals surface area contributed by atoms with Crippen LogP contribution in [0.3, 0.4) is 0 Å². The normalized spacial score (nSPS) is 15.2. The van der Waals surface area contributed by atoms with Gasteiger partial charge in [-0.3, -0.25) is 19.2 Å². The van der Waals surface area contributed by atoms with Gasteiger partial charge in [0.1, 0.15) is 11.2 Å². The molecular weight excluding hydrogens is 1340 g/mol. The molecule has 2 aliphatic rings. The Labute approximate surface area is 578 Å². The van der Waals surface area contributed by atoms with Gasteiger partial charge in [0.2, 0.25) is 11.2 Å². The van der Waals surface area contributed by atoms with Gasteiger partial charge in [-0.25, -0.2) is 44.7 Å². The van der Waals surface area contributed by atoms with E-state index in [0.717, 1.165) is 43.4 Å². The van der Waals surface area contributed by atoms with Gasteiger partial charge < -0.3 is 30.3 Å². The van der Waals surface area contributed by atoms with E-state index in [2.05, 4.69) is 20.3 Å². The van der Waals surface area contributed by atoms with Crippen molar-refractivity contribution in [1.29, 1.82) is 0 Å². The highest BCUT2D eigenvalue weighted by atomic mass is 35.5. The van der Waals surface area contributed by atoms with Gasteiger partial charge in [0.15, 0.2) is 0 Å². The Bertz CT molecular complexity index is 4740. The molecule has 0 bridgehead atoms. The predicted octanol–water partition coefficient (Wildman–Crippen LogP) is 13.4. The molecule has 2 fully saturated rings. The number of hydrogen-bond acceptors (Lipinski definition) is 16. The molecule has 25 heteroatoms. The molecule has 2 saturated heterocycles. The lowest BCUT2D eigenvalue weighted by Gasteiger charge is -2.33. The summed E-state index contributed by atoms with van der Waals surface area (Å²) in [6, 6.07) is 45.0. The van der Waals surface area contributed by atoms with E-state index in [1.54, 1.807) is 149 Å². The van der Waals surface area contributed by atoms with Crippen molar-refractivity contribution < 1.29 is 45.5 Å². The second-order valence-electron chi connectivity index (χ2n) is 25.4. The third-order valence-electron chi connectivity index (χ3n) is 15.7. The number of halogens is 3. The zero-order chi connectivity index (χ0) is 69.4. The maximum Gasteiger partial charge on any atom is 0.310 e. The van der Waals surface area contributed by atoms with Crippen molar-refractivity contribution in [2.24, 2.45) is 5.73 Å². The molecule has 2 aliphatic heterocycles. The van der Waals surface area contributed by atoms with Crippen molar-refractivity contribution in [2.45, 2.75) is 113 Å². The Hall–Kier alpha value is -9.03. The first-order valence-corrected chi connectivity index (χ1v) is 35.4. The van der Waals surface area contributed by atoms with Crippen LogP contribution in [0, 0.1) is 0 Å². The van der Waals surface area contributed by atoms with E-state index in [1.165, 1.54) is 26.5 Å². The van der Waals surface area contributed by atoms with Gasteiger partial charge in [0.05, 0.1) is 67.5 Å². The fraction of sp³-hybridized carbons (Fsp3) is 0.278. The van der Waals surface area contributed by atoms with Crippen LogP contribution in [0.25, 0.3) is 44.3 Å². The molecule has 10 aromatic rings. The molecule has 6 aromatic carbocycles. The van der Waals surface area contributed by atoms with Crippen LogP contribution in [0.2, 0.25) is 15.3 Å². The molecule has 3 N–H and O–H groups in total. The van der Waals surface area contributed by atoms with Crippen LogP contribution in [-0.4, -0.2) is 128 Å². The molecule has 0 radical (unpaired) electrons. The highest BCUT2D eigenvalue weighted by molar-refractivity contribution is 7.90. The number of carbonyl (C=O) groups excluding carboxylic acids is 4. The van der Waals surface area contributed by atoms with Crippen LogP contribution >= 0.6 is 34.8 Å². The van der Waals surface area contributed by atoms with Crippen molar-refractivity contribution in [3.05, 3.63) is 220 Å². The number of piperidine rings is 2. The van der Waals surface area contributed by atoms with Crippen LogP contribution in [0.5, 0.6) is 0 Å². The number of nitrogens with one attached hydrogen (secondary N) is 1. The SMILES string of the molecule is CC(C)(C)OC(=O)Cc1ccc(C(=O)N2CCCC(N)C2)cc1.CC(C)(C)OC(=O)Cc1ccc(C(=O)N2CCCC(Nc3ncc(Cl)c(-c4cn(S(=O)(=O)c5ccccc5)c5ccccc45)n3)C2)cc1.O=S(=O)(c1ccccc1)n1cc(-c2nc(Cl)ncc2Cl)c2ccccc21. The molecule has 4 aromatic heterocycles. The summed E-state index contributed by atoms with van der Waals surface area (Å²) in [6.45, 7) is 13.4. The van der Waals surface area contributed by atoms with Crippen molar-refractivity contribution in [3.63, 3.8) is 0 Å². The monoisotopic (exact) mass is 1410 g/mol. The minimum atomic E-state index is -3.89. The Kier molecular flexibility index (Phi) is 22.0. The quantitative estimate of drug-likeness (QED) is 0.0757. The van der Waals surface area contributed by atoms with E-state index >= 15 is 0 Å². The van der Waals surface area contributed by atoms with E-state index in [4.69, 9.17) is 55.0 Å². The Balaban J connectivity index is 0.000000175. The minimum absolute atomic E-state index is 0.00367. The van der Waals surface area contributed by atoms with Gasteiger partial charge in [-0.05, 0) is 151 Å². The number of carbonyl (C=O) groups is 4. The highest BCUT2D eigenvalue weighted by Gasteiger charge is 2.29. The number of para-hydroxylation sites is 2. The number of benzene rings is 6. The zero-order valence-electron chi connectivity index (χ0n) is 54.2. The maximum atomic E-state index is 13.6. The molecule has 12 rings (SSSR count). The number of anilines is 1. The lowest BCUT2D eigenvalue weighted by atomic mass is 10.0. The number of likely N-dealkylation sites (tertiary alicyclic amines) is 2. The summed E-state index contributed by atoms with van der Waals surface area (Å²) < 4.78 is 66.7. The fourth-order valence-corrected chi connectivity index (χ4v) is 14.6. The summed E-state index contributed by atoms with van der Waals surface area (Å²) in [5.74, 6) is -0.358. The Morgan fingerprint density at radius 3 is 1.40 bits per heavy atom. The van der Waals surface area contributed by atoms with E-state index < -0.39 is 31.2 Å². The lowest BCUT2D eigenvalue weighted by molar-refractivity contribution is -0.155. The number of rotatable bonds is 14. The van der Waals surface area contributed by atoms with Gasteiger partial charge in [-0.2, -0.15) is 0 Å². The molecule has 2 unspecified atom stereocenters. The van der Waals surface area contributed by atoms with Crippen LogP contribution in [0.15, 0.2) is 192 Å². The predicted molar refractivity (Wildman–Crippen MR) is 377 cm³/mol. The first-order chi connectivity index (χ1) is 46.1. The largest absolute Gasteiger partial charge is 0.460 e. The van der Waals surface area contributed by atoms with Crippen LogP contribution in [-0.2, 0) is 52.0 Å². The second kappa shape index (κ2) is 30.2. The van der Waals surface area contributed by atoms with Crippen LogP contribution < -0.4 is 11.1 Å². The van der Waals surface area contributed by atoms with E-state index in [9.17, 15) is 36.0 Å². The average Bonchev–Trinajstić information content (AvgIpc) is 1.61. The summed E-state index contributed by atoms with van der Waals surface area (Å²) in [5, 5.41) is 5.33. The number of amides is 2. The number of fused-ring (bicyclic) bond motifs is 2. The fourth-order valence-electron chi connectivity index (χ4n) is 11.3. The number of nitrogens with zero attached hydrogens (tertiary/aromatic N) is 8. The molecule has 97 heavy (non-hydrogen) atoms. The van der Waals surface area contributed by atoms with Crippen molar-refractivity contribution in [3.8, 4) is 22.5 Å².